The SMILES string of the molecule is CCNC(=O)[C@@H](C)N(CCc1ccccc1)C(=O)CN(c1cc(C)ccc1C)S(=O)(=O)N(C)C. The van der Waals surface area contributed by atoms with Gasteiger partial charge in [0.15, 0.2) is 0 Å². The van der Waals surface area contributed by atoms with E-state index in [1.807, 2.05) is 63.2 Å². The van der Waals surface area contributed by atoms with Crippen LogP contribution in [0.5, 0.6) is 0 Å². The van der Waals surface area contributed by atoms with Crippen LogP contribution in [0.1, 0.15) is 30.5 Å². The number of aryl methyl sites for hydroxylation is 2. The number of nitrogens with zero attached hydrogens (tertiary/aromatic N) is 3. The van der Waals surface area contributed by atoms with Crippen molar-refractivity contribution in [3.05, 3.63) is 65.2 Å². The van der Waals surface area contributed by atoms with Gasteiger partial charge in [-0.3, -0.25) is 9.59 Å². The van der Waals surface area contributed by atoms with E-state index in [0.29, 0.717) is 18.7 Å². The van der Waals surface area contributed by atoms with Crippen molar-refractivity contribution in [2.75, 3.05) is 38.0 Å². The number of carbonyl (C=O) groups excluding carboxylic acids is 2. The molecule has 2 rings (SSSR count). The predicted molar refractivity (Wildman–Crippen MR) is 136 cm³/mol. The van der Waals surface area contributed by atoms with Gasteiger partial charge in [-0.15, -0.1) is 0 Å². The van der Waals surface area contributed by atoms with Gasteiger partial charge in [-0.25, -0.2) is 4.31 Å². The second kappa shape index (κ2) is 12.0. The summed E-state index contributed by atoms with van der Waals surface area (Å²) in [6.45, 7) is 7.46. The molecule has 1 N–H and O–H groups in total. The van der Waals surface area contributed by atoms with Gasteiger partial charge in [-0.05, 0) is 56.9 Å². The number of benzene rings is 2. The van der Waals surface area contributed by atoms with Gasteiger partial charge in [0.2, 0.25) is 11.8 Å². The monoisotopic (exact) mass is 488 g/mol. The van der Waals surface area contributed by atoms with Crippen molar-refractivity contribution >= 4 is 27.7 Å². The van der Waals surface area contributed by atoms with E-state index in [2.05, 4.69) is 5.32 Å². The third-order valence-electron chi connectivity index (χ3n) is 5.65. The molecule has 2 amide bonds. The smallest absolute Gasteiger partial charge is 0.304 e. The molecule has 0 bridgehead atoms. The summed E-state index contributed by atoms with van der Waals surface area (Å²) < 4.78 is 28.7. The van der Waals surface area contributed by atoms with Gasteiger partial charge < -0.3 is 10.2 Å². The van der Waals surface area contributed by atoms with Crippen LogP contribution in [0.25, 0.3) is 0 Å². The predicted octanol–water partition coefficient (Wildman–Crippen LogP) is 2.51. The van der Waals surface area contributed by atoms with Gasteiger partial charge in [0.25, 0.3) is 0 Å². The summed E-state index contributed by atoms with van der Waals surface area (Å²) in [4.78, 5) is 27.7. The van der Waals surface area contributed by atoms with Crippen LogP contribution >= 0.6 is 0 Å². The minimum atomic E-state index is -3.96. The average molecular weight is 489 g/mol. The summed E-state index contributed by atoms with van der Waals surface area (Å²) in [5, 5.41) is 2.76. The highest BCUT2D eigenvalue weighted by Crippen LogP contribution is 2.25. The molecule has 34 heavy (non-hydrogen) atoms. The zero-order valence-corrected chi connectivity index (χ0v) is 21.7. The Labute approximate surface area is 203 Å². The third kappa shape index (κ3) is 6.80. The van der Waals surface area contributed by atoms with Crippen LogP contribution in [0.2, 0.25) is 0 Å². The lowest BCUT2D eigenvalue weighted by atomic mass is 10.1. The number of likely N-dealkylation sites (N-methyl/N-ethyl adjacent to an activating group) is 1. The normalized spacial score (nSPS) is 12.3. The number of anilines is 1. The summed E-state index contributed by atoms with van der Waals surface area (Å²) in [5.41, 5.74) is 3.08. The molecule has 0 saturated carbocycles. The molecule has 1 atom stereocenters. The van der Waals surface area contributed by atoms with Gasteiger partial charge in [0, 0.05) is 27.2 Å². The summed E-state index contributed by atoms with van der Waals surface area (Å²) in [6.07, 6.45) is 0.542. The van der Waals surface area contributed by atoms with Crippen molar-refractivity contribution in [2.45, 2.75) is 40.2 Å². The van der Waals surface area contributed by atoms with Gasteiger partial charge in [-0.2, -0.15) is 12.7 Å². The molecule has 2 aromatic carbocycles. The zero-order chi connectivity index (χ0) is 25.5. The molecule has 0 spiro atoms. The van der Waals surface area contributed by atoms with Crippen LogP contribution in [0.4, 0.5) is 5.69 Å². The minimum absolute atomic E-state index is 0.280. The molecule has 186 valence electrons. The van der Waals surface area contributed by atoms with Crippen molar-refractivity contribution in [3.8, 4) is 0 Å². The largest absolute Gasteiger partial charge is 0.355 e. The average Bonchev–Trinajstić information content (AvgIpc) is 2.79. The first-order valence-corrected chi connectivity index (χ1v) is 12.8. The third-order valence-corrected chi connectivity index (χ3v) is 7.46. The van der Waals surface area contributed by atoms with E-state index in [0.717, 1.165) is 25.3 Å². The van der Waals surface area contributed by atoms with Crippen molar-refractivity contribution in [1.29, 1.82) is 0 Å². The first-order chi connectivity index (χ1) is 16.0. The molecule has 8 nitrogen and oxygen atoms in total. The maximum Gasteiger partial charge on any atom is 0.304 e. The molecule has 9 heteroatoms. The molecule has 0 fully saturated rings. The standard InChI is InChI=1S/C25H36N4O4S/c1-7-26-25(31)21(4)28(16-15-22-11-9-8-10-12-22)24(30)18-29(34(32,33)27(5)6)23-17-19(2)13-14-20(23)3/h8-14,17,21H,7,15-16,18H2,1-6H3,(H,26,31)/t21-/m1/s1. The molecular formula is C25H36N4O4S. The van der Waals surface area contributed by atoms with Gasteiger partial charge in [-0.1, -0.05) is 42.5 Å². The van der Waals surface area contributed by atoms with E-state index in [1.165, 1.54) is 19.0 Å². The first-order valence-electron chi connectivity index (χ1n) is 11.4. The highest BCUT2D eigenvalue weighted by Gasteiger charge is 2.32. The fourth-order valence-corrected chi connectivity index (χ4v) is 4.70. The van der Waals surface area contributed by atoms with Crippen LogP contribution in [0.3, 0.4) is 0 Å². The molecular weight excluding hydrogens is 452 g/mol. The number of hydrogen-bond donors (Lipinski definition) is 1. The summed E-state index contributed by atoms with van der Waals surface area (Å²) in [5.74, 6) is -0.723. The fourth-order valence-electron chi connectivity index (χ4n) is 3.58. The molecule has 0 saturated heterocycles. The zero-order valence-electron chi connectivity index (χ0n) is 20.9. The molecule has 0 aliphatic carbocycles. The van der Waals surface area contributed by atoms with E-state index < -0.39 is 28.7 Å². The van der Waals surface area contributed by atoms with Gasteiger partial charge in [0.05, 0.1) is 5.69 Å². The highest BCUT2D eigenvalue weighted by atomic mass is 32.2. The van der Waals surface area contributed by atoms with Crippen molar-refractivity contribution in [1.82, 2.24) is 14.5 Å². The van der Waals surface area contributed by atoms with Crippen molar-refractivity contribution < 1.29 is 18.0 Å². The van der Waals surface area contributed by atoms with Gasteiger partial charge >= 0.3 is 10.2 Å². The summed E-state index contributed by atoms with van der Waals surface area (Å²) >= 11 is 0. The Kier molecular flexibility index (Phi) is 9.64. The lowest BCUT2D eigenvalue weighted by Gasteiger charge is -2.33. The lowest BCUT2D eigenvalue weighted by molar-refractivity contribution is -0.138. The Morgan fingerprint density at radius 1 is 1.03 bits per heavy atom. The van der Waals surface area contributed by atoms with Crippen molar-refractivity contribution in [3.63, 3.8) is 0 Å². The highest BCUT2D eigenvalue weighted by molar-refractivity contribution is 7.90. The van der Waals surface area contributed by atoms with Crippen LogP contribution in [-0.2, 0) is 26.2 Å². The fraction of sp³-hybridized carbons (Fsp3) is 0.440. The number of amides is 2. The second-order valence-corrected chi connectivity index (χ2v) is 10.5. The Morgan fingerprint density at radius 3 is 2.26 bits per heavy atom. The van der Waals surface area contributed by atoms with Crippen LogP contribution in [-0.4, -0.2) is 69.2 Å². The Balaban J connectivity index is 2.42. The van der Waals surface area contributed by atoms with E-state index in [1.54, 1.807) is 13.0 Å². The number of nitrogens with one attached hydrogen (secondary N) is 1. The Hall–Kier alpha value is -2.91. The topological polar surface area (TPSA) is 90.0 Å². The van der Waals surface area contributed by atoms with Gasteiger partial charge in [0.1, 0.15) is 12.6 Å². The number of carbonyl (C=O) groups is 2. The Bertz CT molecular complexity index is 1090. The Morgan fingerprint density at radius 2 is 1.68 bits per heavy atom. The molecule has 0 radical (unpaired) electrons. The van der Waals surface area contributed by atoms with Crippen LogP contribution < -0.4 is 9.62 Å². The van der Waals surface area contributed by atoms with E-state index in [4.69, 9.17) is 0 Å². The second-order valence-electron chi connectivity index (χ2n) is 8.48. The summed E-state index contributed by atoms with van der Waals surface area (Å²) in [7, 11) is -1.10. The van der Waals surface area contributed by atoms with Crippen LogP contribution in [0, 0.1) is 13.8 Å². The minimum Gasteiger partial charge on any atom is -0.355 e. The summed E-state index contributed by atoms with van der Waals surface area (Å²) in [6, 6.07) is 14.4. The molecule has 0 aromatic heterocycles. The molecule has 0 aliphatic rings. The van der Waals surface area contributed by atoms with E-state index in [9.17, 15) is 18.0 Å². The number of hydrogen-bond acceptors (Lipinski definition) is 4. The van der Waals surface area contributed by atoms with Crippen molar-refractivity contribution in [2.24, 2.45) is 0 Å². The molecule has 0 heterocycles. The van der Waals surface area contributed by atoms with E-state index in [-0.39, 0.29) is 12.5 Å². The molecule has 0 aliphatic heterocycles. The van der Waals surface area contributed by atoms with Crippen LogP contribution in [0.15, 0.2) is 48.5 Å². The molecule has 0 unspecified atom stereocenters. The van der Waals surface area contributed by atoms with E-state index >= 15 is 0 Å². The quantitative estimate of drug-likeness (QED) is 0.526. The lowest BCUT2D eigenvalue weighted by Crippen LogP contribution is -2.53. The molecule has 2 aromatic rings. The number of rotatable bonds is 11. The first kappa shape index (κ1) is 27.3. The maximum absolute atomic E-state index is 13.6. The maximum atomic E-state index is 13.6.